The Bertz CT molecular complexity index is 1490. The lowest BCUT2D eigenvalue weighted by atomic mass is 9.82. The molecular weight excluding hydrogens is 402 g/mol. The molecule has 1 heterocycles. The Morgan fingerprint density at radius 3 is 2.03 bits per heavy atom. The van der Waals surface area contributed by atoms with Crippen LogP contribution in [0, 0.1) is 6.92 Å². The third-order valence-electron chi connectivity index (χ3n) is 6.80. The predicted molar refractivity (Wildman–Crippen MR) is 135 cm³/mol. The molecule has 0 saturated carbocycles. The first-order chi connectivity index (χ1) is 16.0. The first-order valence-electron chi connectivity index (χ1n) is 11.4. The monoisotopic (exact) mass is 427 g/mol. The molecule has 0 bridgehead atoms. The zero-order chi connectivity index (χ0) is 22.6. The van der Waals surface area contributed by atoms with Gasteiger partial charge in [-0.1, -0.05) is 92.2 Å². The number of aromatic nitrogens is 3. The van der Waals surface area contributed by atoms with Gasteiger partial charge in [0.05, 0.1) is 0 Å². The van der Waals surface area contributed by atoms with Crippen LogP contribution in [0.5, 0.6) is 0 Å². The maximum atomic E-state index is 4.70. The van der Waals surface area contributed by atoms with E-state index in [1.807, 2.05) is 6.07 Å². The number of benzene rings is 4. The molecule has 4 aromatic carbocycles. The molecule has 0 aliphatic heterocycles. The van der Waals surface area contributed by atoms with Crippen LogP contribution in [-0.4, -0.2) is 14.8 Å². The van der Waals surface area contributed by atoms with Crippen molar-refractivity contribution < 1.29 is 0 Å². The SMILES string of the molecule is Cc1cccc(-c2nnc(-c3ccc4c(c3)C(C)(C)c3ccccc3-4)n2-c2ccccc2)c1. The van der Waals surface area contributed by atoms with Gasteiger partial charge in [0, 0.05) is 22.2 Å². The number of nitrogens with zero attached hydrogens (tertiary/aromatic N) is 3. The van der Waals surface area contributed by atoms with Crippen LogP contribution in [0.4, 0.5) is 0 Å². The fourth-order valence-electron chi connectivity index (χ4n) is 5.11. The maximum Gasteiger partial charge on any atom is 0.168 e. The molecule has 5 aromatic rings. The molecule has 1 aliphatic rings. The topological polar surface area (TPSA) is 30.7 Å². The second-order valence-corrected chi connectivity index (χ2v) is 9.32. The minimum Gasteiger partial charge on any atom is -0.275 e. The normalized spacial score (nSPS) is 13.5. The van der Waals surface area contributed by atoms with Gasteiger partial charge < -0.3 is 0 Å². The second-order valence-electron chi connectivity index (χ2n) is 9.32. The number of rotatable bonds is 3. The smallest absolute Gasteiger partial charge is 0.168 e. The van der Waals surface area contributed by atoms with Crippen LogP contribution in [0.15, 0.2) is 97.1 Å². The molecule has 33 heavy (non-hydrogen) atoms. The minimum atomic E-state index is -0.0566. The summed E-state index contributed by atoms with van der Waals surface area (Å²) < 4.78 is 2.17. The van der Waals surface area contributed by atoms with Gasteiger partial charge >= 0.3 is 0 Å². The van der Waals surface area contributed by atoms with Crippen molar-refractivity contribution in [3.63, 3.8) is 0 Å². The molecule has 160 valence electrons. The van der Waals surface area contributed by atoms with E-state index in [0.29, 0.717) is 0 Å². The Hall–Kier alpha value is -3.98. The van der Waals surface area contributed by atoms with Gasteiger partial charge in [0.15, 0.2) is 11.6 Å². The average Bonchev–Trinajstić information content (AvgIpc) is 3.38. The highest BCUT2D eigenvalue weighted by atomic mass is 15.3. The first kappa shape index (κ1) is 19.7. The molecule has 0 N–H and O–H groups in total. The summed E-state index contributed by atoms with van der Waals surface area (Å²) in [5.74, 6) is 1.70. The van der Waals surface area contributed by atoms with Crippen molar-refractivity contribution in [2.45, 2.75) is 26.2 Å². The summed E-state index contributed by atoms with van der Waals surface area (Å²) in [7, 11) is 0. The Morgan fingerprint density at radius 1 is 0.606 bits per heavy atom. The van der Waals surface area contributed by atoms with Crippen molar-refractivity contribution >= 4 is 0 Å². The number of aryl methyl sites for hydroxylation is 1. The molecule has 1 aliphatic carbocycles. The quantitative estimate of drug-likeness (QED) is 0.304. The van der Waals surface area contributed by atoms with E-state index < -0.39 is 0 Å². The van der Waals surface area contributed by atoms with Gasteiger partial charge in [-0.3, -0.25) is 4.57 Å². The lowest BCUT2D eigenvalue weighted by Gasteiger charge is -2.22. The Balaban J connectivity index is 1.57. The van der Waals surface area contributed by atoms with Crippen LogP contribution in [0.3, 0.4) is 0 Å². The third kappa shape index (κ3) is 3.04. The summed E-state index contributed by atoms with van der Waals surface area (Å²) >= 11 is 0. The molecule has 0 amide bonds. The van der Waals surface area contributed by atoms with E-state index in [9.17, 15) is 0 Å². The van der Waals surface area contributed by atoms with Gasteiger partial charge in [-0.05, 0) is 53.4 Å². The Morgan fingerprint density at radius 2 is 1.27 bits per heavy atom. The van der Waals surface area contributed by atoms with Gasteiger partial charge in [-0.2, -0.15) is 0 Å². The standard InChI is InChI=1S/C30H25N3/c1-20-10-9-11-21(18-20)28-31-32-29(33(28)23-12-5-4-6-13-23)22-16-17-25-24-14-7-8-15-26(24)30(2,3)27(25)19-22/h4-19H,1-3H3. The lowest BCUT2D eigenvalue weighted by molar-refractivity contribution is 0.660. The van der Waals surface area contributed by atoms with Crippen molar-refractivity contribution in [2.75, 3.05) is 0 Å². The molecular formula is C30H25N3. The van der Waals surface area contributed by atoms with E-state index in [1.54, 1.807) is 0 Å². The van der Waals surface area contributed by atoms with Crippen molar-refractivity contribution in [3.8, 4) is 39.6 Å². The summed E-state index contributed by atoms with van der Waals surface area (Å²) in [5.41, 5.74) is 9.68. The fourth-order valence-corrected chi connectivity index (χ4v) is 5.11. The lowest BCUT2D eigenvalue weighted by Crippen LogP contribution is -2.15. The van der Waals surface area contributed by atoms with Gasteiger partial charge in [-0.15, -0.1) is 10.2 Å². The molecule has 0 spiro atoms. The van der Waals surface area contributed by atoms with Crippen LogP contribution in [0.1, 0.15) is 30.5 Å². The molecule has 6 rings (SSSR count). The molecule has 3 heteroatoms. The van der Waals surface area contributed by atoms with E-state index in [1.165, 1.54) is 27.8 Å². The highest BCUT2D eigenvalue weighted by Crippen LogP contribution is 2.49. The largest absolute Gasteiger partial charge is 0.275 e. The van der Waals surface area contributed by atoms with Crippen LogP contribution < -0.4 is 0 Å². The van der Waals surface area contributed by atoms with Gasteiger partial charge in [0.1, 0.15) is 0 Å². The summed E-state index contributed by atoms with van der Waals surface area (Å²) in [6.07, 6.45) is 0. The summed E-state index contributed by atoms with van der Waals surface area (Å²) in [6, 6.07) is 34.3. The first-order valence-corrected chi connectivity index (χ1v) is 11.4. The van der Waals surface area contributed by atoms with Crippen LogP contribution in [-0.2, 0) is 5.41 Å². The van der Waals surface area contributed by atoms with E-state index >= 15 is 0 Å². The predicted octanol–water partition coefficient (Wildman–Crippen LogP) is 7.22. The van der Waals surface area contributed by atoms with Gasteiger partial charge in [0.2, 0.25) is 0 Å². The van der Waals surface area contributed by atoms with Crippen molar-refractivity contribution in [3.05, 3.63) is 114 Å². The zero-order valence-electron chi connectivity index (χ0n) is 19.1. The zero-order valence-corrected chi connectivity index (χ0v) is 19.1. The number of hydrogen-bond acceptors (Lipinski definition) is 2. The molecule has 0 saturated heterocycles. The molecule has 0 fully saturated rings. The summed E-state index contributed by atoms with van der Waals surface area (Å²) in [6.45, 7) is 6.72. The minimum absolute atomic E-state index is 0.0566. The van der Waals surface area contributed by atoms with Gasteiger partial charge in [-0.25, -0.2) is 0 Å². The second kappa shape index (κ2) is 7.28. The molecule has 3 nitrogen and oxygen atoms in total. The fraction of sp³-hybridized carbons (Fsp3) is 0.133. The Labute approximate surface area is 194 Å². The van der Waals surface area contributed by atoms with Crippen molar-refractivity contribution in [1.82, 2.24) is 14.8 Å². The van der Waals surface area contributed by atoms with E-state index in [4.69, 9.17) is 5.10 Å². The Kier molecular flexibility index (Phi) is 4.34. The average molecular weight is 428 g/mol. The van der Waals surface area contributed by atoms with Crippen molar-refractivity contribution in [1.29, 1.82) is 0 Å². The van der Waals surface area contributed by atoms with Crippen LogP contribution >= 0.6 is 0 Å². The highest BCUT2D eigenvalue weighted by molar-refractivity contribution is 5.83. The highest BCUT2D eigenvalue weighted by Gasteiger charge is 2.35. The summed E-state index contributed by atoms with van der Waals surface area (Å²) in [4.78, 5) is 0. The van der Waals surface area contributed by atoms with E-state index in [2.05, 4.69) is 121 Å². The maximum absolute atomic E-state index is 4.70. The van der Waals surface area contributed by atoms with Crippen molar-refractivity contribution in [2.24, 2.45) is 0 Å². The van der Waals surface area contributed by atoms with Crippen LogP contribution in [0.25, 0.3) is 39.6 Å². The van der Waals surface area contributed by atoms with Crippen LogP contribution in [0.2, 0.25) is 0 Å². The third-order valence-corrected chi connectivity index (χ3v) is 6.80. The molecule has 1 aromatic heterocycles. The van der Waals surface area contributed by atoms with E-state index in [0.717, 1.165) is 28.5 Å². The van der Waals surface area contributed by atoms with Gasteiger partial charge in [0.25, 0.3) is 0 Å². The van der Waals surface area contributed by atoms with E-state index in [-0.39, 0.29) is 5.41 Å². The number of para-hydroxylation sites is 1. The number of hydrogen-bond donors (Lipinski definition) is 0. The molecule has 0 unspecified atom stereocenters. The number of fused-ring (bicyclic) bond motifs is 3. The molecule has 0 radical (unpaired) electrons. The molecule has 0 atom stereocenters. The summed E-state index contributed by atoms with van der Waals surface area (Å²) in [5, 5.41) is 9.37.